The first-order chi connectivity index (χ1) is 12.5. The van der Waals surface area contributed by atoms with Crippen molar-refractivity contribution in [3.05, 3.63) is 35.9 Å². The van der Waals surface area contributed by atoms with E-state index in [9.17, 15) is 9.59 Å². The van der Waals surface area contributed by atoms with Gasteiger partial charge in [0, 0.05) is 12.3 Å². The Bertz CT molecular complexity index is 468. The maximum absolute atomic E-state index is 11.1. The molecule has 0 N–H and O–H groups in total. The predicted molar refractivity (Wildman–Crippen MR) is 109 cm³/mol. The Morgan fingerprint density at radius 3 is 2.23 bits per heavy atom. The SMILES string of the molecule is CCCC(=O)OCCCCCc1ccccc1.CCCCC(C)C(C)=O. The van der Waals surface area contributed by atoms with Gasteiger partial charge in [0.05, 0.1) is 6.61 Å². The largest absolute Gasteiger partial charge is 0.466 e. The topological polar surface area (TPSA) is 43.4 Å². The van der Waals surface area contributed by atoms with Crippen LogP contribution in [0.5, 0.6) is 0 Å². The first-order valence-electron chi connectivity index (χ1n) is 10.2. The Balaban J connectivity index is 0.000000590. The standard InChI is InChI=1S/C15H22O2.C8H16O/c1-2-9-15(16)17-13-8-4-7-12-14-10-5-3-6-11-14;1-4-5-6-7(2)8(3)9/h3,5-6,10-11H,2,4,7-9,12-13H2,1H3;7H,4-6H2,1-3H3. The molecule has 0 saturated heterocycles. The van der Waals surface area contributed by atoms with Gasteiger partial charge in [-0.2, -0.15) is 0 Å². The Hall–Kier alpha value is -1.64. The van der Waals surface area contributed by atoms with Gasteiger partial charge in [-0.15, -0.1) is 0 Å². The molecule has 1 aromatic rings. The zero-order valence-corrected chi connectivity index (χ0v) is 17.3. The number of aryl methyl sites for hydroxylation is 1. The highest BCUT2D eigenvalue weighted by Gasteiger charge is 2.04. The monoisotopic (exact) mass is 362 g/mol. The molecular formula is C23H38O3. The summed E-state index contributed by atoms with van der Waals surface area (Å²) in [6.45, 7) is 8.37. The minimum atomic E-state index is -0.0597. The van der Waals surface area contributed by atoms with Crippen molar-refractivity contribution in [3.63, 3.8) is 0 Å². The molecule has 0 aromatic heterocycles. The van der Waals surface area contributed by atoms with Crippen LogP contribution < -0.4 is 0 Å². The van der Waals surface area contributed by atoms with E-state index in [1.54, 1.807) is 6.92 Å². The van der Waals surface area contributed by atoms with Gasteiger partial charge in [-0.05, 0) is 51.0 Å². The van der Waals surface area contributed by atoms with Gasteiger partial charge in [0.1, 0.15) is 5.78 Å². The van der Waals surface area contributed by atoms with Crippen LogP contribution in [0.4, 0.5) is 0 Å². The molecule has 1 rings (SSSR count). The maximum Gasteiger partial charge on any atom is 0.305 e. The Labute approximate surface area is 160 Å². The second kappa shape index (κ2) is 16.8. The minimum Gasteiger partial charge on any atom is -0.466 e. The van der Waals surface area contributed by atoms with E-state index < -0.39 is 0 Å². The molecule has 0 amide bonds. The van der Waals surface area contributed by atoms with Gasteiger partial charge in [0.2, 0.25) is 0 Å². The average Bonchev–Trinajstić information content (AvgIpc) is 2.64. The summed E-state index contributed by atoms with van der Waals surface area (Å²) >= 11 is 0. The normalized spacial score (nSPS) is 11.2. The lowest BCUT2D eigenvalue weighted by Gasteiger charge is -2.04. The second-order valence-electron chi connectivity index (χ2n) is 6.92. The summed E-state index contributed by atoms with van der Waals surface area (Å²) in [5.74, 6) is 0.545. The third kappa shape index (κ3) is 14.7. The van der Waals surface area contributed by atoms with E-state index in [2.05, 4.69) is 31.2 Å². The van der Waals surface area contributed by atoms with E-state index >= 15 is 0 Å². The Kier molecular flexibility index (Phi) is 15.7. The van der Waals surface area contributed by atoms with Crippen molar-refractivity contribution in [2.75, 3.05) is 6.61 Å². The van der Waals surface area contributed by atoms with Crippen LogP contribution in [-0.2, 0) is 20.7 Å². The number of hydrogen-bond acceptors (Lipinski definition) is 3. The van der Waals surface area contributed by atoms with Crippen LogP contribution in [0.2, 0.25) is 0 Å². The van der Waals surface area contributed by atoms with Crippen molar-refractivity contribution >= 4 is 11.8 Å². The highest BCUT2D eigenvalue weighted by molar-refractivity contribution is 5.77. The van der Waals surface area contributed by atoms with Crippen LogP contribution in [0.15, 0.2) is 30.3 Å². The number of esters is 1. The fraction of sp³-hybridized carbons (Fsp3) is 0.652. The van der Waals surface area contributed by atoms with Crippen molar-refractivity contribution < 1.29 is 14.3 Å². The molecule has 0 aliphatic rings. The van der Waals surface area contributed by atoms with Crippen molar-refractivity contribution in [2.45, 2.75) is 85.5 Å². The molecule has 1 atom stereocenters. The number of hydrogen-bond donors (Lipinski definition) is 0. The number of Topliss-reactive ketones (excluding diaryl/α,β-unsaturated/α-hetero) is 1. The zero-order chi connectivity index (χ0) is 19.6. The fourth-order valence-corrected chi connectivity index (χ4v) is 2.43. The molecule has 3 heteroatoms. The minimum absolute atomic E-state index is 0.0597. The molecule has 1 unspecified atom stereocenters. The van der Waals surface area contributed by atoms with E-state index in [0.717, 1.165) is 38.5 Å². The van der Waals surface area contributed by atoms with Gasteiger partial charge in [-0.1, -0.05) is 63.9 Å². The summed E-state index contributed by atoms with van der Waals surface area (Å²) in [5.41, 5.74) is 1.38. The fourth-order valence-electron chi connectivity index (χ4n) is 2.43. The molecule has 26 heavy (non-hydrogen) atoms. The molecule has 0 saturated carbocycles. The lowest BCUT2D eigenvalue weighted by Crippen LogP contribution is -2.05. The number of ether oxygens (including phenoxy) is 1. The van der Waals surface area contributed by atoms with Crippen molar-refractivity contribution in [1.82, 2.24) is 0 Å². The van der Waals surface area contributed by atoms with Crippen LogP contribution in [-0.4, -0.2) is 18.4 Å². The van der Waals surface area contributed by atoms with Crippen molar-refractivity contribution in [1.29, 1.82) is 0 Å². The third-order valence-electron chi connectivity index (χ3n) is 4.35. The summed E-state index contributed by atoms with van der Waals surface area (Å²) in [5, 5.41) is 0. The van der Waals surface area contributed by atoms with E-state index in [1.165, 1.54) is 18.4 Å². The molecule has 0 aliphatic heterocycles. The quantitative estimate of drug-likeness (QED) is 0.331. The smallest absolute Gasteiger partial charge is 0.305 e. The Morgan fingerprint density at radius 1 is 0.962 bits per heavy atom. The number of benzene rings is 1. The van der Waals surface area contributed by atoms with Gasteiger partial charge in [-0.3, -0.25) is 9.59 Å². The van der Waals surface area contributed by atoms with Crippen molar-refractivity contribution in [2.24, 2.45) is 5.92 Å². The van der Waals surface area contributed by atoms with Gasteiger partial charge >= 0.3 is 5.97 Å². The van der Waals surface area contributed by atoms with Crippen LogP contribution in [0.1, 0.15) is 84.6 Å². The van der Waals surface area contributed by atoms with Crippen LogP contribution in [0.25, 0.3) is 0 Å². The molecule has 148 valence electrons. The van der Waals surface area contributed by atoms with Gasteiger partial charge < -0.3 is 4.74 Å². The molecule has 0 radical (unpaired) electrons. The summed E-state index contributed by atoms with van der Waals surface area (Å²) in [4.78, 5) is 21.7. The van der Waals surface area contributed by atoms with Crippen LogP contribution in [0, 0.1) is 5.92 Å². The molecule has 0 aliphatic carbocycles. The molecule has 0 heterocycles. The van der Waals surface area contributed by atoms with Gasteiger partial charge in [0.25, 0.3) is 0 Å². The van der Waals surface area contributed by atoms with E-state index in [4.69, 9.17) is 4.74 Å². The van der Waals surface area contributed by atoms with Gasteiger partial charge in [0.15, 0.2) is 0 Å². The number of rotatable bonds is 12. The molecule has 0 fully saturated rings. The summed E-state index contributed by atoms with van der Waals surface area (Å²) in [6, 6.07) is 10.5. The highest BCUT2D eigenvalue weighted by atomic mass is 16.5. The van der Waals surface area contributed by atoms with E-state index in [-0.39, 0.29) is 11.9 Å². The number of ketones is 1. The lowest BCUT2D eigenvalue weighted by molar-refractivity contribution is -0.143. The average molecular weight is 363 g/mol. The first kappa shape index (κ1) is 24.4. The summed E-state index contributed by atoms with van der Waals surface area (Å²) < 4.78 is 5.10. The number of carbonyl (C=O) groups excluding carboxylic acids is 2. The summed E-state index contributed by atoms with van der Waals surface area (Å²) in [7, 11) is 0. The Morgan fingerprint density at radius 2 is 1.65 bits per heavy atom. The van der Waals surface area contributed by atoms with Crippen LogP contribution >= 0.6 is 0 Å². The second-order valence-corrected chi connectivity index (χ2v) is 6.92. The molecule has 1 aromatic carbocycles. The van der Waals surface area contributed by atoms with E-state index in [1.807, 2.05) is 19.9 Å². The molecule has 0 bridgehead atoms. The first-order valence-corrected chi connectivity index (χ1v) is 10.2. The third-order valence-corrected chi connectivity index (χ3v) is 4.35. The molecule has 0 spiro atoms. The lowest BCUT2D eigenvalue weighted by atomic mass is 10.0. The van der Waals surface area contributed by atoms with Gasteiger partial charge in [-0.25, -0.2) is 0 Å². The number of carbonyl (C=O) groups is 2. The molecule has 3 nitrogen and oxygen atoms in total. The van der Waals surface area contributed by atoms with Crippen LogP contribution in [0.3, 0.4) is 0 Å². The molecular weight excluding hydrogens is 324 g/mol. The summed E-state index contributed by atoms with van der Waals surface area (Å²) in [6.07, 6.45) is 9.22. The predicted octanol–water partition coefficient (Wildman–Crippen LogP) is 6.14. The van der Waals surface area contributed by atoms with Crippen molar-refractivity contribution in [3.8, 4) is 0 Å². The highest BCUT2D eigenvalue weighted by Crippen LogP contribution is 2.08. The van der Waals surface area contributed by atoms with E-state index in [0.29, 0.717) is 18.8 Å². The number of unbranched alkanes of at least 4 members (excludes halogenated alkanes) is 3. The zero-order valence-electron chi connectivity index (χ0n) is 17.3. The maximum atomic E-state index is 11.1.